The number of carbonyl (C=O) groups is 1. The monoisotopic (exact) mass is 296 g/mol. The summed E-state index contributed by atoms with van der Waals surface area (Å²) in [6.45, 7) is 1.60. The first-order chi connectivity index (χ1) is 10.8. The van der Waals surface area contributed by atoms with E-state index in [0.29, 0.717) is 5.91 Å². The van der Waals surface area contributed by atoms with Gasteiger partial charge < -0.3 is 9.47 Å². The van der Waals surface area contributed by atoms with Crippen molar-refractivity contribution >= 4 is 5.91 Å². The van der Waals surface area contributed by atoms with Crippen LogP contribution in [-0.4, -0.2) is 31.9 Å². The summed E-state index contributed by atoms with van der Waals surface area (Å²) < 4.78 is 2.02. The summed E-state index contributed by atoms with van der Waals surface area (Å²) in [6, 6.07) is 6.10. The van der Waals surface area contributed by atoms with Crippen molar-refractivity contribution in [2.24, 2.45) is 5.41 Å². The number of likely N-dealkylation sites (tertiary alicyclic amines) is 1. The predicted octanol–water partition coefficient (Wildman–Crippen LogP) is 2.42. The van der Waals surface area contributed by atoms with Crippen molar-refractivity contribution in [3.05, 3.63) is 48.8 Å². The third-order valence-electron chi connectivity index (χ3n) is 4.89. The third-order valence-corrected chi connectivity index (χ3v) is 4.89. The van der Waals surface area contributed by atoms with Gasteiger partial charge in [-0.05, 0) is 37.8 Å². The zero-order valence-electron chi connectivity index (χ0n) is 12.6. The summed E-state index contributed by atoms with van der Waals surface area (Å²) >= 11 is 0. The maximum atomic E-state index is 13.1. The van der Waals surface area contributed by atoms with Gasteiger partial charge in [0.1, 0.15) is 0 Å². The highest BCUT2D eigenvalue weighted by Gasteiger charge is 2.53. The summed E-state index contributed by atoms with van der Waals surface area (Å²) in [5.41, 5.74) is 0.810. The van der Waals surface area contributed by atoms with Crippen LogP contribution in [-0.2, 0) is 11.3 Å². The molecule has 1 aliphatic carbocycles. The van der Waals surface area contributed by atoms with Gasteiger partial charge in [-0.15, -0.1) is 0 Å². The number of carbonyl (C=O) groups excluding carboxylic acids is 1. The maximum absolute atomic E-state index is 13.1. The smallest absolute Gasteiger partial charge is 0.231 e. The molecule has 1 amide bonds. The highest BCUT2D eigenvalue weighted by molar-refractivity contribution is 5.86. The van der Waals surface area contributed by atoms with E-state index in [1.54, 1.807) is 12.5 Å². The van der Waals surface area contributed by atoms with Gasteiger partial charge in [0.25, 0.3) is 0 Å². The molecule has 1 atom stereocenters. The van der Waals surface area contributed by atoms with Gasteiger partial charge in [-0.2, -0.15) is 0 Å². The molecule has 22 heavy (non-hydrogen) atoms. The van der Waals surface area contributed by atoms with Crippen LogP contribution in [0.2, 0.25) is 0 Å². The van der Waals surface area contributed by atoms with E-state index in [-0.39, 0.29) is 11.5 Å². The van der Waals surface area contributed by atoms with Crippen LogP contribution in [0.3, 0.4) is 0 Å². The number of hydrogen-bond acceptors (Lipinski definition) is 3. The van der Waals surface area contributed by atoms with E-state index in [0.717, 1.165) is 44.5 Å². The Hall–Kier alpha value is -2.17. The second kappa shape index (κ2) is 5.23. The van der Waals surface area contributed by atoms with Crippen LogP contribution in [0.4, 0.5) is 0 Å². The number of imidazole rings is 1. The molecule has 5 nitrogen and oxygen atoms in total. The van der Waals surface area contributed by atoms with Gasteiger partial charge in [0.15, 0.2) is 0 Å². The lowest BCUT2D eigenvalue weighted by Gasteiger charge is -2.29. The Morgan fingerprint density at radius 3 is 2.91 bits per heavy atom. The van der Waals surface area contributed by atoms with E-state index < -0.39 is 0 Å². The quantitative estimate of drug-likeness (QED) is 0.870. The van der Waals surface area contributed by atoms with Crippen molar-refractivity contribution < 1.29 is 4.79 Å². The van der Waals surface area contributed by atoms with Crippen molar-refractivity contribution in [3.63, 3.8) is 0 Å². The summed E-state index contributed by atoms with van der Waals surface area (Å²) in [6.07, 6.45) is 11.4. The van der Waals surface area contributed by atoms with Crippen molar-refractivity contribution in [2.75, 3.05) is 6.54 Å². The molecule has 2 fully saturated rings. The molecule has 1 saturated heterocycles. The van der Waals surface area contributed by atoms with Crippen LogP contribution in [0, 0.1) is 5.41 Å². The molecule has 5 heteroatoms. The maximum Gasteiger partial charge on any atom is 0.231 e. The molecule has 114 valence electrons. The fourth-order valence-electron chi connectivity index (χ4n) is 3.52. The highest BCUT2D eigenvalue weighted by atomic mass is 16.2. The van der Waals surface area contributed by atoms with E-state index in [1.807, 2.05) is 35.2 Å². The number of aromatic nitrogens is 3. The molecule has 0 aromatic carbocycles. The lowest BCUT2D eigenvalue weighted by Crippen LogP contribution is -2.38. The average Bonchev–Trinajstić information content (AvgIpc) is 2.97. The Morgan fingerprint density at radius 2 is 2.23 bits per heavy atom. The second-order valence-electron chi connectivity index (χ2n) is 6.43. The number of amides is 1. The van der Waals surface area contributed by atoms with E-state index in [2.05, 4.69) is 14.9 Å². The summed E-state index contributed by atoms with van der Waals surface area (Å²) in [7, 11) is 0. The van der Waals surface area contributed by atoms with Crippen LogP contribution in [0.25, 0.3) is 0 Å². The average molecular weight is 296 g/mol. The van der Waals surface area contributed by atoms with Gasteiger partial charge in [-0.25, -0.2) is 4.98 Å². The molecule has 0 radical (unpaired) electrons. The van der Waals surface area contributed by atoms with E-state index in [4.69, 9.17) is 0 Å². The second-order valence-corrected chi connectivity index (χ2v) is 6.43. The van der Waals surface area contributed by atoms with Gasteiger partial charge in [0.05, 0.1) is 23.5 Å². The van der Waals surface area contributed by atoms with Crippen LogP contribution in [0.1, 0.15) is 37.4 Å². The minimum absolute atomic E-state index is 0.147. The van der Waals surface area contributed by atoms with Crippen molar-refractivity contribution in [3.8, 4) is 0 Å². The SMILES string of the molecule is O=C(N1CCCC1c1ccccn1)C1(Cn2ccnc2)CC1. The van der Waals surface area contributed by atoms with Crippen molar-refractivity contribution in [1.29, 1.82) is 0 Å². The predicted molar refractivity (Wildman–Crippen MR) is 81.8 cm³/mol. The fraction of sp³-hybridized carbons (Fsp3) is 0.471. The van der Waals surface area contributed by atoms with Gasteiger partial charge >= 0.3 is 0 Å². The number of rotatable bonds is 4. The fourth-order valence-corrected chi connectivity index (χ4v) is 3.52. The van der Waals surface area contributed by atoms with Gasteiger partial charge in [0, 0.05) is 31.7 Å². The summed E-state index contributed by atoms with van der Waals surface area (Å²) in [5, 5.41) is 0. The molecular formula is C17H20N4O. The topological polar surface area (TPSA) is 51.0 Å². The third kappa shape index (κ3) is 2.30. The Kier molecular flexibility index (Phi) is 3.21. The van der Waals surface area contributed by atoms with Crippen molar-refractivity contribution in [2.45, 2.75) is 38.3 Å². The Morgan fingerprint density at radius 1 is 1.32 bits per heavy atom. The number of pyridine rings is 1. The van der Waals surface area contributed by atoms with Crippen LogP contribution in [0.5, 0.6) is 0 Å². The lowest BCUT2D eigenvalue weighted by molar-refractivity contribution is -0.138. The molecule has 0 spiro atoms. The molecule has 3 heterocycles. The highest BCUT2D eigenvalue weighted by Crippen LogP contribution is 2.50. The molecule has 2 aliphatic rings. The molecule has 2 aromatic rings. The molecule has 1 aliphatic heterocycles. The van der Waals surface area contributed by atoms with Gasteiger partial charge in [-0.3, -0.25) is 9.78 Å². The van der Waals surface area contributed by atoms with Crippen molar-refractivity contribution in [1.82, 2.24) is 19.4 Å². The molecular weight excluding hydrogens is 276 g/mol. The standard InChI is InChI=1S/C17H20N4O/c22-16(17(6-7-17)12-20-11-9-18-13-20)21-10-3-5-15(21)14-4-1-2-8-19-14/h1-2,4,8-9,11,13,15H,3,5-7,10,12H2. The van der Waals surface area contributed by atoms with Gasteiger partial charge in [0.2, 0.25) is 5.91 Å². The molecule has 4 rings (SSSR count). The number of nitrogens with zero attached hydrogens (tertiary/aromatic N) is 4. The van der Waals surface area contributed by atoms with Crippen LogP contribution >= 0.6 is 0 Å². The van der Waals surface area contributed by atoms with Gasteiger partial charge in [-0.1, -0.05) is 6.07 Å². The Balaban J connectivity index is 1.54. The van der Waals surface area contributed by atoms with E-state index >= 15 is 0 Å². The van der Waals surface area contributed by atoms with E-state index in [1.165, 1.54) is 0 Å². The summed E-state index contributed by atoms with van der Waals surface area (Å²) in [5.74, 6) is 0.300. The zero-order chi connectivity index (χ0) is 15.0. The minimum atomic E-state index is -0.210. The van der Waals surface area contributed by atoms with Crippen LogP contribution < -0.4 is 0 Å². The molecule has 2 aromatic heterocycles. The molecule has 0 bridgehead atoms. The number of hydrogen-bond donors (Lipinski definition) is 0. The minimum Gasteiger partial charge on any atom is -0.336 e. The first-order valence-corrected chi connectivity index (χ1v) is 7.96. The van der Waals surface area contributed by atoms with Crippen LogP contribution in [0.15, 0.2) is 43.1 Å². The largest absolute Gasteiger partial charge is 0.336 e. The van der Waals surface area contributed by atoms with E-state index in [9.17, 15) is 4.79 Å². The molecule has 1 saturated carbocycles. The summed E-state index contributed by atoms with van der Waals surface area (Å²) in [4.78, 5) is 23.7. The first kappa shape index (κ1) is 13.5. The molecule has 1 unspecified atom stereocenters. The lowest BCUT2D eigenvalue weighted by atomic mass is 10.0. The Bertz CT molecular complexity index is 649. The normalized spacial score (nSPS) is 22.7. The Labute approximate surface area is 130 Å². The molecule has 0 N–H and O–H groups in total. The zero-order valence-corrected chi connectivity index (χ0v) is 12.6. The first-order valence-electron chi connectivity index (χ1n) is 7.96.